The number of benzene rings is 2. The van der Waals surface area contributed by atoms with Crippen LogP contribution in [0.15, 0.2) is 55.1 Å². The topological polar surface area (TPSA) is 31.2 Å². The van der Waals surface area contributed by atoms with Crippen molar-refractivity contribution in [1.82, 2.24) is 4.57 Å². The second kappa shape index (κ2) is 6.36. The van der Waals surface area contributed by atoms with E-state index in [1.807, 2.05) is 62.4 Å². The number of ketones is 1. The number of hydrogen-bond donors (Lipinski definition) is 0. The Morgan fingerprint density at radius 3 is 2.50 bits per heavy atom. The minimum atomic E-state index is 0.0357. The molecular formula is C21H21NO2. The third kappa shape index (κ3) is 2.62. The van der Waals surface area contributed by atoms with Gasteiger partial charge in [0.2, 0.25) is 0 Å². The first kappa shape index (κ1) is 16.1. The van der Waals surface area contributed by atoms with Gasteiger partial charge in [-0.3, -0.25) is 4.79 Å². The molecule has 122 valence electrons. The number of aryl methyl sites for hydroxylation is 1. The van der Waals surface area contributed by atoms with Crippen LogP contribution in [0.3, 0.4) is 0 Å². The molecule has 0 aliphatic rings. The number of carbonyl (C=O) groups is 1. The zero-order valence-electron chi connectivity index (χ0n) is 14.3. The highest BCUT2D eigenvalue weighted by atomic mass is 16.5. The molecule has 0 spiro atoms. The molecule has 0 bridgehead atoms. The number of nitrogens with zero attached hydrogens (tertiary/aromatic N) is 1. The highest BCUT2D eigenvalue weighted by Crippen LogP contribution is 2.31. The predicted octanol–water partition coefficient (Wildman–Crippen LogP) is 4.68. The van der Waals surface area contributed by atoms with Crippen LogP contribution < -0.4 is 4.74 Å². The third-order valence-electron chi connectivity index (χ3n) is 4.38. The van der Waals surface area contributed by atoms with Gasteiger partial charge in [-0.25, -0.2) is 0 Å². The van der Waals surface area contributed by atoms with E-state index in [0.29, 0.717) is 12.1 Å². The average Bonchev–Trinajstić information content (AvgIpc) is 2.86. The van der Waals surface area contributed by atoms with E-state index in [9.17, 15) is 4.79 Å². The maximum absolute atomic E-state index is 13.1. The van der Waals surface area contributed by atoms with E-state index in [1.54, 1.807) is 7.11 Å². The summed E-state index contributed by atoms with van der Waals surface area (Å²) in [4.78, 5) is 13.1. The molecule has 3 nitrogen and oxygen atoms in total. The summed E-state index contributed by atoms with van der Waals surface area (Å²) in [6, 6.07) is 13.5. The van der Waals surface area contributed by atoms with Gasteiger partial charge in [0.05, 0.1) is 12.7 Å². The van der Waals surface area contributed by atoms with Crippen LogP contribution in [-0.2, 0) is 6.54 Å². The summed E-state index contributed by atoms with van der Waals surface area (Å²) in [5.74, 6) is 0.782. The van der Waals surface area contributed by atoms with Crippen molar-refractivity contribution in [3.63, 3.8) is 0 Å². The fourth-order valence-electron chi connectivity index (χ4n) is 3.09. The smallest absolute Gasteiger partial charge is 0.195 e. The van der Waals surface area contributed by atoms with Crippen LogP contribution in [0, 0.1) is 13.8 Å². The maximum atomic E-state index is 13.1. The highest BCUT2D eigenvalue weighted by Gasteiger charge is 2.21. The molecule has 0 radical (unpaired) electrons. The van der Waals surface area contributed by atoms with Crippen LogP contribution in [0.1, 0.15) is 27.2 Å². The number of methoxy groups -OCH3 is 1. The van der Waals surface area contributed by atoms with Gasteiger partial charge in [0.25, 0.3) is 0 Å². The van der Waals surface area contributed by atoms with E-state index in [2.05, 4.69) is 11.1 Å². The summed E-state index contributed by atoms with van der Waals surface area (Å²) < 4.78 is 7.46. The van der Waals surface area contributed by atoms with Gasteiger partial charge in [-0.05, 0) is 32.0 Å². The SMILES string of the molecule is C=CCn1c(C)c(C(=O)c2ccc(C)cc2)c2cc(OC)ccc21. The Hall–Kier alpha value is -2.81. The molecule has 0 aliphatic carbocycles. The molecule has 0 fully saturated rings. The van der Waals surface area contributed by atoms with Crippen molar-refractivity contribution in [2.24, 2.45) is 0 Å². The molecule has 3 rings (SSSR count). The number of carbonyl (C=O) groups excluding carboxylic acids is 1. The first-order valence-electron chi connectivity index (χ1n) is 7.96. The van der Waals surface area contributed by atoms with Crippen molar-refractivity contribution >= 4 is 16.7 Å². The molecule has 3 heteroatoms. The Bertz CT molecular complexity index is 917. The molecule has 0 saturated heterocycles. The average molecular weight is 319 g/mol. The van der Waals surface area contributed by atoms with Crippen LogP contribution in [0.4, 0.5) is 0 Å². The van der Waals surface area contributed by atoms with Crippen molar-refractivity contribution < 1.29 is 9.53 Å². The van der Waals surface area contributed by atoms with Gasteiger partial charge in [-0.2, -0.15) is 0 Å². The van der Waals surface area contributed by atoms with Gasteiger partial charge >= 0.3 is 0 Å². The van der Waals surface area contributed by atoms with Gasteiger partial charge in [0.15, 0.2) is 5.78 Å². The molecule has 0 unspecified atom stereocenters. The number of rotatable bonds is 5. The zero-order valence-corrected chi connectivity index (χ0v) is 14.3. The van der Waals surface area contributed by atoms with Gasteiger partial charge in [-0.15, -0.1) is 6.58 Å². The lowest BCUT2D eigenvalue weighted by Crippen LogP contribution is -2.05. The Kier molecular flexibility index (Phi) is 4.26. The van der Waals surface area contributed by atoms with Crippen molar-refractivity contribution in [3.05, 3.63) is 77.5 Å². The molecule has 2 aromatic carbocycles. The van der Waals surface area contributed by atoms with E-state index in [-0.39, 0.29) is 5.78 Å². The molecule has 1 aromatic heterocycles. The van der Waals surface area contributed by atoms with Crippen LogP contribution >= 0.6 is 0 Å². The summed E-state index contributed by atoms with van der Waals surface area (Å²) in [7, 11) is 1.64. The molecule has 0 aliphatic heterocycles. The molecule has 0 atom stereocenters. The summed E-state index contributed by atoms with van der Waals surface area (Å²) in [5, 5.41) is 0.916. The van der Waals surface area contributed by atoms with E-state index in [4.69, 9.17) is 4.74 Å². The Balaban J connectivity index is 2.25. The molecule has 0 N–H and O–H groups in total. The minimum Gasteiger partial charge on any atom is -0.497 e. The Morgan fingerprint density at radius 1 is 1.17 bits per heavy atom. The second-order valence-corrected chi connectivity index (χ2v) is 5.94. The fraction of sp³-hybridized carbons (Fsp3) is 0.190. The maximum Gasteiger partial charge on any atom is 0.195 e. The molecular weight excluding hydrogens is 298 g/mol. The number of allylic oxidation sites excluding steroid dienone is 1. The van der Waals surface area contributed by atoms with Crippen molar-refractivity contribution in [1.29, 1.82) is 0 Å². The number of ether oxygens (including phenoxy) is 1. The standard InChI is InChI=1S/C21H21NO2/c1-5-12-22-15(3)20(18-13-17(24-4)10-11-19(18)22)21(23)16-8-6-14(2)7-9-16/h5-11,13H,1,12H2,2-4H3. The zero-order chi connectivity index (χ0) is 17.3. The van der Waals surface area contributed by atoms with E-state index >= 15 is 0 Å². The summed E-state index contributed by atoms with van der Waals surface area (Å²) in [6.07, 6.45) is 1.84. The Morgan fingerprint density at radius 2 is 1.88 bits per heavy atom. The van der Waals surface area contributed by atoms with Crippen molar-refractivity contribution in [3.8, 4) is 5.75 Å². The molecule has 0 saturated carbocycles. The summed E-state index contributed by atoms with van der Waals surface area (Å²) in [5.41, 5.74) is 4.53. The van der Waals surface area contributed by atoms with E-state index in [1.165, 1.54) is 0 Å². The van der Waals surface area contributed by atoms with Gasteiger partial charge in [0.1, 0.15) is 5.75 Å². The van der Waals surface area contributed by atoms with E-state index in [0.717, 1.165) is 33.5 Å². The normalized spacial score (nSPS) is 10.8. The molecule has 24 heavy (non-hydrogen) atoms. The predicted molar refractivity (Wildman–Crippen MR) is 98.0 cm³/mol. The first-order valence-corrected chi connectivity index (χ1v) is 7.96. The van der Waals surface area contributed by atoms with Crippen molar-refractivity contribution in [2.75, 3.05) is 7.11 Å². The summed E-state index contributed by atoms with van der Waals surface area (Å²) >= 11 is 0. The van der Waals surface area contributed by atoms with Crippen LogP contribution in [0.25, 0.3) is 10.9 Å². The van der Waals surface area contributed by atoms with Crippen LogP contribution in [0.2, 0.25) is 0 Å². The largest absolute Gasteiger partial charge is 0.497 e. The van der Waals surface area contributed by atoms with Gasteiger partial charge in [-0.1, -0.05) is 35.9 Å². The summed E-state index contributed by atoms with van der Waals surface area (Å²) in [6.45, 7) is 8.49. The monoisotopic (exact) mass is 319 g/mol. The third-order valence-corrected chi connectivity index (χ3v) is 4.38. The number of fused-ring (bicyclic) bond motifs is 1. The first-order chi connectivity index (χ1) is 11.6. The van der Waals surface area contributed by atoms with Gasteiger partial charge < -0.3 is 9.30 Å². The van der Waals surface area contributed by atoms with Crippen molar-refractivity contribution in [2.45, 2.75) is 20.4 Å². The molecule has 1 heterocycles. The lowest BCUT2D eigenvalue weighted by Gasteiger charge is -2.05. The number of hydrogen-bond acceptors (Lipinski definition) is 2. The lowest BCUT2D eigenvalue weighted by molar-refractivity contribution is 0.103. The van der Waals surface area contributed by atoms with Crippen LogP contribution in [-0.4, -0.2) is 17.5 Å². The fourth-order valence-corrected chi connectivity index (χ4v) is 3.09. The Labute approximate surface area is 142 Å². The molecule has 3 aromatic rings. The van der Waals surface area contributed by atoms with E-state index < -0.39 is 0 Å². The van der Waals surface area contributed by atoms with Gasteiger partial charge in [0, 0.05) is 28.7 Å². The minimum absolute atomic E-state index is 0.0357. The molecule has 0 amide bonds. The van der Waals surface area contributed by atoms with Crippen LogP contribution in [0.5, 0.6) is 5.75 Å². The quantitative estimate of drug-likeness (QED) is 0.505. The second-order valence-electron chi connectivity index (χ2n) is 5.94. The highest BCUT2D eigenvalue weighted by molar-refractivity contribution is 6.17. The number of aromatic nitrogens is 1. The lowest BCUT2D eigenvalue weighted by atomic mass is 9.99.